The number of aliphatic hydroxyl groups excluding tert-OH is 6. The van der Waals surface area contributed by atoms with Gasteiger partial charge in [-0.3, -0.25) is 33.6 Å². The topological polar surface area (TPSA) is 518 Å². The van der Waals surface area contributed by atoms with Crippen LogP contribution in [-0.2, 0) is 52.6 Å². The first-order valence-electron chi connectivity index (χ1n) is 29.1. The first kappa shape index (κ1) is 68.7. The third-order valence-corrected chi connectivity index (χ3v) is 17.1. The van der Waals surface area contributed by atoms with E-state index in [1.54, 1.807) is 0 Å². The highest BCUT2D eigenvalue weighted by Crippen LogP contribution is 2.50. The number of rotatable bonds is 9. The van der Waals surface area contributed by atoms with Crippen LogP contribution in [0, 0.1) is 0 Å². The van der Waals surface area contributed by atoms with Crippen LogP contribution in [0.2, 0.25) is 10.0 Å². The van der Waals surface area contributed by atoms with Crippen LogP contribution < -0.4 is 57.6 Å². The largest absolute Gasteiger partial charge is 0.508 e. The number of carbonyl (C=O) groups is 8. The summed E-state index contributed by atoms with van der Waals surface area (Å²) in [5, 5.41) is 126. The zero-order valence-electron chi connectivity index (χ0n) is 50.0. The summed E-state index contributed by atoms with van der Waals surface area (Å²) in [5.41, 5.74) is 7.90. The Labute approximate surface area is 546 Å². The second kappa shape index (κ2) is 27.3. The Hall–Kier alpha value is -9.16. The van der Waals surface area contributed by atoms with Gasteiger partial charge in [0.05, 0.1) is 35.3 Å². The van der Waals surface area contributed by atoms with Gasteiger partial charge in [-0.1, -0.05) is 41.4 Å². The highest BCUT2D eigenvalue weighted by molar-refractivity contribution is 6.32. The lowest BCUT2D eigenvalue weighted by Gasteiger charge is -2.47. The van der Waals surface area contributed by atoms with Crippen molar-refractivity contribution in [2.24, 2.45) is 11.5 Å². The van der Waals surface area contributed by atoms with Gasteiger partial charge < -0.3 is 123 Å². The lowest BCUT2D eigenvalue weighted by atomic mass is 9.86. The number of halogens is 2. The fourth-order valence-electron chi connectivity index (χ4n) is 11.6. The van der Waals surface area contributed by atoms with Crippen molar-refractivity contribution in [3.63, 3.8) is 0 Å². The number of benzene rings is 5. The van der Waals surface area contributed by atoms with Crippen molar-refractivity contribution < 1.29 is 118 Å². The van der Waals surface area contributed by atoms with E-state index in [4.69, 9.17) is 63.1 Å². The number of ether oxygens (including phenoxy) is 6. The Morgan fingerprint density at radius 2 is 1.29 bits per heavy atom. The highest BCUT2D eigenvalue weighted by Gasteiger charge is 2.51. The van der Waals surface area contributed by atoms with Gasteiger partial charge in [-0.15, -0.1) is 0 Å². The zero-order valence-corrected chi connectivity index (χ0v) is 51.5. The van der Waals surface area contributed by atoms with Gasteiger partial charge in [-0.05, 0) is 90.7 Å². The van der Waals surface area contributed by atoms with Crippen LogP contribution >= 0.6 is 23.2 Å². The maximum absolute atomic E-state index is 15.9. The van der Waals surface area contributed by atoms with Gasteiger partial charge >= 0.3 is 5.97 Å². The Balaban J connectivity index is 1.25. The first-order valence-corrected chi connectivity index (χ1v) is 29.8. The van der Waals surface area contributed by atoms with E-state index in [1.165, 1.54) is 26.0 Å². The molecule has 0 aliphatic carbocycles. The predicted octanol–water partition coefficient (Wildman–Crippen LogP) is -0.508. The molecular weight excluding hydrogens is 1300 g/mol. The van der Waals surface area contributed by atoms with Crippen LogP contribution in [0.3, 0.4) is 0 Å². The molecule has 12 rings (SSSR count). The summed E-state index contributed by atoms with van der Waals surface area (Å²) in [5.74, 6) is -15.9. The number of nitrogens with two attached hydrogens (primary N) is 2. The minimum Gasteiger partial charge on any atom is -0.508 e. The number of aliphatic carboxylic acids is 1. The Morgan fingerprint density at radius 3 is 1.88 bits per heavy atom. The Bertz CT molecular complexity index is 3920. The molecule has 5 aromatic carbocycles. The number of carbonyl (C=O) groups excluding carboxylic acids is 7. The van der Waals surface area contributed by atoms with E-state index in [0.29, 0.717) is 0 Å². The molecule has 95 heavy (non-hydrogen) atoms. The second-order valence-electron chi connectivity index (χ2n) is 23.4. The van der Waals surface area contributed by atoms with Crippen LogP contribution in [0.5, 0.6) is 46.0 Å². The van der Waals surface area contributed by atoms with Crippen molar-refractivity contribution in [3.05, 3.63) is 117 Å². The Kier molecular flexibility index (Phi) is 19.7. The molecule has 0 spiro atoms. The van der Waals surface area contributed by atoms with E-state index < -0.39 is 231 Å². The van der Waals surface area contributed by atoms with Crippen LogP contribution in [0.15, 0.2) is 78.9 Å². The third kappa shape index (κ3) is 14.2. The summed E-state index contributed by atoms with van der Waals surface area (Å²) >= 11 is 13.9. The van der Waals surface area contributed by atoms with Gasteiger partial charge in [0.25, 0.3) is 0 Å². The van der Waals surface area contributed by atoms with Crippen molar-refractivity contribution in [1.82, 2.24) is 31.9 Å². The summed E-state index contributed by atoms with van der Waals surface area (Å²) in [6.45, 7) is 3.02. The molecule has 20 N–H and O–H groups in total. The van der Waals surface area contributed by atoms with Gasteiger partial charge in [-0.2, -0.15) is 0 Å². The lowest BCUT2D eigenvalue weighted by Crippen LogP contribution is -2.64. The molecule has 2 saturated heterocycles. The fourth-order valence-corrected chi connectivity index (χ4v) is 12.1. The number of carboxylic acid groups (broad SMARTS) is 1. The molecule has 7 aliphatic heterocycles. The lowest BCUT2D eigenvalue weighted by molar-refractivity contribution is -0.333. The number of primary amides is 1. The average Bonchev–Trinajstić information content (AvgIpc) is 0.773. The minimum atomic E-state index is -2.33. The van der Waals surface area contributed by atoms with Crippen LogP contribution in [0.25, 0.3) is 11.1 Å². The molecule has 32 nitrogen and oxygen atoms in total. The number of carboxylic acids is 1. The highest BCUT2D eigenvalue weighted by atomic mass is 35.5. The predicted molar refractivity (Wildman–Crippen MR) is 323 cm³/mol. The molecule has 11 bridgehead atoms. The minimum absolute atomic E-state index is 0.159. The van der Waals surface area contributed by atoms with Crippen molar-refractivity contribution in [2.75, 3.05) is 6.61 Å². The molecule has 7 amide bonds. The van der Waals surface area contributed by atoms with Gasteiger partial charge in [-0.25, -0.2) is 4.79 Å². The molecular formula is C61H64Cl2N8O24. The van der Waals surface area contributed by atoms with E-state index in [1.807, 2.05) is 0 Å². The molecule has 0 unspecified atom stereocenters. The number of phenolic OH excluding ortho intramolecular Hbond substituents is 3. The van der Waals surface area contributed by atoms with E-state index in [-0.39, 0.29) is 33.9 Å². The van der Waals surface area contributed by atoms with Crippen LogP contribution in [0.4, 0.5) is 0 Å². The summed E-state index contributed by atoms with van der Waals surface area (Å²) < 4.78 is 38.0. The van der Waals surface area contributed by atoms with Gasteiger partial charge in [0.1, 0.15) is 89.5 Å². The second-order valence-corrected chi connectivity index (χ2v) is 24.2. The fraction of sp³-hybridized carbons (Fsp3) is 0.377. The smallest absolute Gasteiger partial charge is 0.330 e. The average molecular weight is 1360 g/mol. The van der Waals surface area contributed by atoms with E-state index in [0.717, 1.165) is 73.7 Å². The number of aliphatic hydroxyl groups is 6. The number of hydrogen-bond donors (Lipinski definition) is 18. The van der Waals surface area contributed by atoms with Crippen LogP contribution in [-0.4, -0.2) is 178 Å². The van der Waals surface area contributed by atoms with E-state index in [9.17, 15) is 75.0 Å². The first-order chi connectivity index (χ1) is 44.8. The quantitative estimate of drug-likeness (QED) is 0.0884. The van der Waals surface area contributed by atoms with E-state index in [2.05, 4.69) is 31.9 Å². The summed E-state index contributed by atoms with van der Waals surface area (Å²) in [6.07, 6.45) is -18.6. The van der Waals surface area contributed by atoms with Gasteiger partial charge in [0.2, 0.25) is 53.4 Å². The number of phenols is 3. The monoisotopic (exact) mass is 1360 g/mol. The van der Waals surface area contributed by atoms with Gasteiger partial charge in [0, 0.05) is 41.6 Å². The number of fused-ring (bicyclic) bond motifs is 15. The maximum atomic E-state index is 15.9. The maximum Gasteiger partial charge on any atom is 0.330 e. The summed E-state index contributed by atoms with van der Waals surface area (Å²) in [4.78, 5) is 114. The van der Waals surface area contributed by atoms with Gasteiger partial charge in [0.15, 0.2) is 29.9 Å². The molecule has 0 radical (unpaired) electrons. The molecule has 506 valence electrons. The number of hydrogen-bond acceptors (Lipinski definition) is 24. The summed E-state index contributed by atoms with van der Waals surface area (Å²) in [7, 11) is 0. The number of amides is 7. The molecule has 2 fully saturated rings. The van der Waals surface area contributed by atoms with E-state index >= 15 is 14.4 Å². The third-order valence-electron chi connectivity index (χ3n) is 16.5. The molecule has 0 aromatic heterocycles. The SMILES string of the molecule is CC(=O)N[C@H]1C(=O)N[C@@H](CC(N)=O)C(=O)N[C@H]2C(=O)N[C@H]3C(=O)N[C@H](C(=O)N[C@H](C(=O)O)c4cc(O)cc(O)c4-c4cc3ccc4O)[C@H](O)c3ccc(c(Cl)c3)Oc3cc2cc(c3O[C@@H]2O[C@H](CO)[C@@H](O)[C@H](O)[C@H]2O[C@H]2C[C@](C)(N)[C@H](O)[C@H](C)O2)Oc2ccc(cc2Cl)[C@H]1O. The number of nitrogens with one attached hydrogen (secondary N) is 6. The molecule has 7 heterocycles. The molecule has 17 atom stereocenters. The van der Waals surface area contributed by atoms with Crippen LogP contribution in [0.1, 0.15) is 91.8 Å². The Morgan fingerprint density at radius 1 is 0.695 bits per heavy atom. The van der Waals surface area contributed by atoms with Crippen molar-refractivity contribution in [2.45, 2.75) is 137 Å². The molecule has 7 aliphatic rings. The van der Waals surface area contributed by atoms with Crippen molar-refractivity contribution in [1.29, 1.82) is 0 Å². The standard InChI is InChI=1S/C61H64Cl2N8O24/c1-20-53(82)61(3,65)18-40(90-20)94-52-50(81)49(80)38(19-72)93-60(52)95-51-36-13-25-14-37(51)92-35-9-6-24(12-30(35)63)48(79)46-58(87)70-44(59(88)89)28-15-26(74)16-33(76)41(28)27-10-22(4-7-32(27)75)42(55(84)71-46)69-56(85)43(25)68-54(83)31(17-39(64)77)67-57(86)45(66-21(2)73)47(78)23-5-8-34(91-36)29(62)11-23/h4-16,20,31,38,40,42-50,52-53,60,72,74-76,78-82H,17-19,65H2,1-3H3,(H2,64,77)(H,66,73)(H,67,86)(H,68,83)(H,69,85)(H,70,87)(H,71,84)(H,88,89)/t20-,31-,38+,40-,42+,43+,44-,45+,46-,47+,48+,49+,50-,52+,53+,60-,61-/m0/s1. The number of aromatic hydroxyl groups is 3. The molecule has 0 saturated carbocycles. The molecule has 34 heteroatoms. The normalized spacial score (nSPS) is 30.1. The van der Waals surface area contributed by atoms with Crippen molar-refractivity contribution in [3.8, 4) is 57.1 Å². The van der Waals surface area contributed by atoms with Crippen molar-refractivity contribution >= 4 is 70.5 Å². The summed E-state index contributed by atoms with van der Waals surface area (Å²) in [6, 6.07) is 0.318. The molecule has 5 aromatic rings. The zero-order chi connectivity index (χ0) is 69.0.